The Balaban J connectivity index is 1.67. The summed E-state index contributed by atoms with van der Waals surface area (Å²) in [6, 6.07) is 24.2. The topological polar surface area (TPSA) is 66.5 Å². The molecule has 1 amide bonds. The van der Waals surface area contributed by atoms with E-state index < -0.39 is 10.0 Å². The summed E-state index contributed by atoms with van der Waals surface area (Å²) in [6.45, 7) is 2.78. The van der Waals surface area contributed by atoms with Gasteiger partial charge in [0, 0.05) is 16.6 Å². The number of sulfonamides is 1. The molecule has 3 aromatic carbocycles. The summed E-state index contributed by atoms with van der Waals surface area (Å²) in [5.74, 6) is 0.0529. The SMILES string of the molecule is C[C@H](CNC(=O)c1ccc(CN(c2ccccc2Br)S(C)(=O)=O)cc1)c1ccccc1. The molecule has 0 aliphatic carbocycles. The molecule has 0 spiro atoms. The van der Waals surface area contributed by atoms with Gasteiger partial charge in [0.15, 0.2) is 0 Å². The van der Waals surface area contributed by atoms with Crippen molar-refractivity contribution in [2.75, 3.05) is 17.1 Å². The van der Waals surface area contributed by atoms with E-state index in [1.165, 1.54) is 16.1 Å². The van der Waals surface area contributed by atoms with Gasteiger partial charge in [0.2, 0.25) is 10.0 Å². The highest BCUT2D eigenvalue weighted by molar-refractivity contribution is 9.10. The molecule has 0 fully saturated rings. The molecule has 0 aliphatic heterocycles. The fourth-order valence-corrected chi connectivity index (χ4v) is 4.73. The number of carbonyl (C=O) groups excluding carboxylic acids is 1. The molecule has 0 aromatic heterocycles. The molecule has 0 heterocycles. The van der Waals surface area contributed by atoms with E-state index in [9.17, 15) is 13.2 Å². The van der Waals surface area contributed by atoms with E-state index in [4.69, 9.17) is 0 Å². The van der Waals surface area contributed by atoms with Crippen LogP contribution in [0, 0.1) is 0 Å². The first-order valence-corrected chi connectivity index (χ1v) is 12.5. The first-order valence-electron chi connectivity index (χ1n) is 9.90. The summed E-state index contributed by atoms with van der Waals surface area (Å²) in [5.41, 5.74) is 3.07. The van der Waals surface area contributed by atoms with Crippen molar-refractivity contribution in [1.82, 2.24) is 5.32 Å². The number of benzene rings is 3. The fourth-order valence-electron chi connectivity index (χ4n) is 3.21. The number of halogens is 1. The number of hydrogen-bond acceptors (Lipinski definition) is 3. The molecule has 0 saturated heterocycles. The van der Waals surface area contributed by atoms with Gasteiger partial charge in [-0.2, -0.15) is 0 Å². The highest BCUT2D eigenvalue weighted by Crippen LogP contribution is 2.29. The maximum Gasteiger partial charge on any atom is 0.251 e. The average molecular weight is 501 g/mol. The lowest BCUT2D eigenvalue weighted by Gasteiger charge is -2.23. The molecule has 5 nitrogen and oxygen atoms in total. The van der Waals surface area contributed by atoms with Gasteiger partial charge in [0.05, 0.1) is 18.5 Å². The molecular formula is C24H25BrN2O3S. The summed E-state index contributed by atoms with van der Waals surface area (Å²) < 4.78 is 26.8. The number of amides is 1. The summed E-state index contributed by atoms with van der Waals surface area (Å²) in [6.07, 6.45) is 1.18. The zero-order valence-corrected chi connectivity index (χ0v) is 19.9. The van der Waals surface area contributed by atoms with Gasteiger partial charge >= 0.3 is 0 Å². The second-order valence-electron chi connectivity index (χ2n) is 7.44. The van der Waals surface area contributed by atoms with Gasteiger partial charge in [0.1, 0.15) is 0 Å². The van der Waals surface area contributed by atoms with Crippen molar-refractivity contribution in [3.05, 3.63) is 100 Å². The van der Waals surface area contributed by atoms with Crippen LogP contribution in [0.1, 0.15) is 34.3 Å². The number of anilines is 1. The van der Waals surface area contributed by atoms with Crippen molar-refractivity contribution in [2.24, 2.45) is 0 Å². The Bertz CT molecular complexity index is 1130. The van der Waals surface area contributed by atoms with Crippen LogP contribution in [-0.4, -0.2) is 27.1 Å². The van der Waals surface area contributed by atoms with Gasteiger partial charge in [-0.05, 0) is 57.2 Å². The van der Waals surface area contributed by atoms with Crippen LogP contribution in [0.5, 0.6) is 0 Å². The number of nitrogens with zero attached hydrogens (tertiary/aromatic N) is 1. The van der Waals surface area contributed by atoms with Crippen LogP contribution >= 0.6 is 15.9 Å². The number of para-hydroxylation sites is 1. The van der Waals surface area contributed by atoms with Crippen molar-refractivity contribution in [2.45, 2.75) is 19.4 Å². The van der Waals surface area contributed by atoms with Gasteiger partial charge in [-0.25, -0.2) is 8.42 Å². The highest BCUT2D eigenvalue weighted by atomic mass is 79.9. The van der Waals surface area contributed by atoms with Crippen LogP contribution in [0.3, 0.4) is 0 Å². The molecule has 162 valence electrons. The maximum absolute atomic E-state index is 12.5. The molecule has 31 heavy (non-hydrogen) atoms. The molecule has 1 N–H and O–H groups in total. The maximum atomic E-state index is 12.5. The van der Waals surface area contributed by atoms with E-state index in [1.54, 1.807) is 42.5 Å². The Kier molecular flexibility index (Phi) is 7.51. The minimum Gasteiger partial charge on any atom is -0.351 e. The Morgan fingerprint density at radius 3 is 2.19 bits per heavy atom. The minimum atomic E-state index is -3.49. The lowest BCUT2D eigenvalue weighted by atomic mass is 10.0. The molecule has 7 heteroatoms. The van der Waals surface area contributed by atoms with Crippen LogP contribution in [0.25, 0.3) is 0 Å². The van der Waals surface area contributed by atoms with Crippen LogP contribution in [0.2, 0.25) is 0 Å². The van der Waals surface area contributed by atoms with E-state index in [0.29, 0.717) is 22.3 Å². The van der Waals surface area contributed by atoms with E-state index >= 15 is 0 Å². The van der Waals surface area contributed by atoms with E-state index in [1.807, 2.05) is 36.4 Å². The number of rotatable bonds is 8. The normalized spacial score (nSPS) is 12.2. The Morgan fingerprint density at radius 1 is 0.968 bits per heavy atom. The van der Waals surface area contributed by atoms with Crippen molar-refractivity contribution in [1.29, 1.82) is 0 Å². The summed E-state index contributed by atoms with van der Waals surface area (Å²) in [4.78, 5) is 12.5. The standard InChI is InChI=1S/C24H25BrN2O3S/c1-18(20-8-4-3-5-9-20)16-26-24(28)21-14-12-19(13-15-21)17-27(31(2,29)30)23-11-7-6-10-22(23)25/h3-15,18H,16-17H2,1-2H3,(H,26,28)/t18-/m1/s1. The molecule has 0 radical (unpaired) electrons. The second-order valence-corrected chi connectivity index (χ2v) is 10.2. The Labute approximate surface area is 192 Å². The summed E-state index contributed by atoms with van der Waals surface area (Å²) in [7, 11) is -3.49. The zero-order chi connectivity index (χ0) is 22.4. The third kappa shape index (κ3) is 6.18. The molecule has 3 rings (SSSR count). The zero-order valence-electron chi connectivity index (χ0n) is 17.5. The first kappa shape index (κ1) is 23.0. The van der Waals surface area contributed by atoms with E-state index in [2.05, 4.69) is 28.2 Å². The molecule has 3 aromatic rings. The smallest absolute Gasteiger partial charge is 0.251 e. The van der Waals surface area contributed by atoms with Gasteiger partial charge in [-0.1, -0.05) is 61.5 Å². The van der Waals surface area contributed by atoms with Crippen molar-refractivity contribution >= 4 is 37.5 Å². The van der Waals surface area contributed by atoms with Crippen molar-refractivity contribution in [3.8, 4) is 0 Å². The number of nitrogens with one attached hydrogen (secondary N) is 1. The summed E-state index contributed by atoms with van der Waals surface area (Å²) >= 11 is 3.42. The van der Waals surface area contributed by atoms with Crippen LogP contribution in [0.15, 0.2) is 83.3 Å². The second kappa shape index (κ2) is 10.1. The molecule has 0 saturated carbocycles. The predicted molar refractivity (Wildman–Crippen MR) is 129 cm³/mol. The molecular weight excluding hydrogens is 476 g/mol. The largest absolute Gasteiger partial charge is 0.351 e. The van der Waals surface area contributed by atoms with Gasteiger partial charge in [-0.3, -0.25) is 9.10 Å². The minimum absolute atomic E-state index is 0.153. The number of carbonyl (C=O) groups is 1. The third-order valence-corrected chi connectivity index (χ3v) is 6.80. The monoisotopic (exact) mass is 500 g/mol. The van der Waals surface area contributed by atoms with Gasteiger partial charge < -0.3 is 5.32 Å². The molecule has 0 aliphatic rings. The Morgan fingerprint density at radius 2 is 1.58 bits per heavy atom. The number of hydrogen-bond donors (Lipinski definition) is 1. The lowest BCUT2D eigenvalue weighted by molar-refractivity contribution is 0.0951. The van der Waals surface area contributed by atoms with Crippen molar-refractivity contribution in [3.63, 3.8) is 0 Å². The van der Waals surface area contributed by atoms with Gasteiger partial charge in [0.25, 0.3) is 5.91 Å². The molecule has 0 bridgehead atoms. The van der Waals surface area contributed by atoms with Crippen LogP contribution in [-0.2, 0) is 16.6 Å². The molecule has 0 unspecified atom stereocenters. The van der Waals surface area contributed by atoms with Gasteiger partial charge in [-0.15, -0.1) is 0 Å². The quantitative estimate of drug-likeness (QED) is 0.475. The highest BCUT2D eigenvalue weighted by Gasteiger charge is 2.20. The molecule has 1 atom stereocenters. The fraction of sp³-hybridized carbons (Fsp3) is 0.208. The van der Waals surface area contributed by atoms with Crippen LogP contribution < -0.4 is 9.62 Å². The third-order valence-electron chi connectivity index (χ3n) is 5.00. The van der Waals surface area contributed by atoms with E-state index in [-0.39, 0.29) is 18.4 Å². The van der Waals surface area contributed by atoms with E-state index in [0.717, 1.165) is 5.56 Å². The van der Waals surface area contributed by atoms with Crippen molar-refractivity contribution < 1.29 is 13.2 Å². The predicted octanol–water partition coefficient (Wildman–Crippen LogP) is 4.95. The first-order chi connectivity index (χ1) is 14.8. The van der Waals surface area contributed by atoms with Crippen LogP contribution in [0.4, 0.5) is 5.69 Å². The summed E-state index contributed by atoms with van der Waals surface area (Å²) in [5, 5.41) is 2.96. The lowest BCUT2D eigenvalue weighted by Crippen LogP contribution is -2.30. The average Bonchev–Trinajstić information content (AvgIpc) is 2.76. The Hall–Kier alpha value is -2.64.